The van der Waals surface area contributed by atoms with E-state index in [-0.39, 0.29) is 17.6 Å². The third-order valence-corrected chi connectivity index (χ3v) is 7.59. The van der Waals surface area contributed by atoms with E-state index >= 15 is 0 Å². The molecule has 10 heteroatoms. The smallest absolute Gasteiger partial charge is 0.341 e. The van der Waals surface area contributed by atoms with Crippen molar-refractivity contribution in [1.29, 1.82) is 0 Å². The van der Waals surface area contributed by atoms with E-state index in [4.69, 9.17) is 20.9 Å². The van der Waals surface area contributed by atoms with Crippen LogP contribution < -0.4 is 26.4 Å². The highest BCUT2D eigenvalue weighted by atomic mass is 16.5. The van der Waals surface area contributed by atoms with Crippen LogP contribution in [0.2, 0.25) is 0 Å². The predicted octanol–water partition coefficient (Wildman–Crippen LogP) is 4.94. The van der Waals surface area contributed by atoms with Gasteiger partial charge in [-0.05, 0) is 48.2 Å². The summed E-state index contributed by atoms with van der Waals surface area (Å²) in [4.78, 5) is 33.0. The van der Waals surface area contributed by atoms with E-state index in [1.54, 1.807) is 26.5 Å². The van der Waals surface area contributed by atoms with Crippen LogP contribution in [0, 0.1) is 0 Å². The lowest BCUT2D eigenvalue weighted by molar-refractivity contribution is 0.0694. The van der Waals surface area contributed by atoms with Crippen LogP contribution in [0.15, 0.2) is 47.5 Å². The van der Waals surface area contributed by atoms with Gasteiger partial charge in [-0.15, -0.1) is 0 Å². The monoisotopic (exact) mass is 555 g/mol. The zero-order chi connectivity index (χ0) is 29.1. The summed E-state index contributed by atoms with van der Waals surface area (Å²) in [5.74, 6) is 0.352. The molecule has 0 saturated heterocycles. The molecular weight excluding hydrogens is 522 g/mol. The summed E-state index contributed by atoms with van der Waals surface area (Å²) in [5, 5.41) is 10.1. The first-order chi connectivity index (χ1) is 19.8. The first-order valence-electron chi connectivity index (χ1n) is 13.5. The standard InChI is InChI=1S/C31H33N5O5/c1-40-26-15-19(13-21-16-34-31(33)35-29(21)32)12-20(28(26)41-2)10-8-18-9-11-23-25(14-18)36(22-6-4-3-5-7-22)17-24(27(23)37)30(38)39/h8-12,14-17,22H,3-7,13H2,1-2H3,(H,38,39)(H4,32,33,34,35). The van der Waals surface area contributed by atoms with E-state index in [9.17, 15) is 14.7 Å². The van der Waals surface area contributed by atoms with Gasteiger partial charge in [0.05, 0.1) is 19.7 Å². The third-order valence-electron chi connectivity index (χ3n) is 7.59. The number of benzene rings is 2. The first-order valence-corrected chi connectivity index (χ1v) is 13.5. The van der Waals surface area contributed by atoms with Gasteiger partial charge in [-0.1, -0.05) is 37.5 Å². The molecule has 0 unspecified atom stereocenters. The van der Waals surface area contributed by atoms with E-state index in [0.29, 0.717) is 29.1 Å². The van der Waals surface area contributed by atoms with Crippen molar-refractivity contribution in [3.8, 4) is 11.5 Å². The summed E-state index contributed by atoms with van der Waals surface area (Å²) >= 11 is 0. The average molecular weight is 556 g/mol. The van der Waals surface area contributed by atoms with Crippen molar-refractivity contribution in [2.45, 2.75) is 44.6 Å². The Balaban J connectivity index is 1.56. The number of pyridine rings is 1. The second kappa shape index (κ2) is 11.7. The molecule has 10 nitrogen and oxygen atoms in total. The van der Waals surface area contributed by atoms with Crippen LogP contribution in [0.5, 0.6) is 11.5 Å². The average Bonchev–Trinajstić information content (AvgIpc) is 2.97. The summed E-state index contributed by atoms with van der Waals surface area (Å²) in [6.07, 6.45) is 12.7. The fourth-order valence-electron chi connectivity index (χ4n) is 5.54. The molecule has 212 valence electrons. The number of anilines is 2. The van der Waals surface area contributed by atoms with Gasteiger partial charge in [0, 0.05) is 41.4 Å². The number of aromatic nitrogens is 3. The van der Waals surface area contributed by atoms with E-state index in [0.717, 1.165) is 59.9 Å². The Morgan fingerprint density at radius 2 is 1.88 bits per heavy atom. The van der Waals surface area contributed by atoms with Gasteiger partial charge in [-0.3, -0.25) is 4.79 Å². The maximum Gasteiger partial charge on any atom is 0.341 e. The molecule has 0 amide bonds. The lowest BCUT2D eigenvalue weighted by atomic mass is 9.94. The normalized spacial score (nSPS) is 14.0. The highest BCUT2D eigenvalue weighted by Crippen LogP contribution is 2.35. The van der Waals surface area contributed by atoms with E-state index in [1.165, 1.54) is 6.20 Å². The van der Waals surface area contributed by atoms with Gasteiger partial charge in [0.15, 0.2) is 11.5 Å². The number of ether oxygens (including phenoxy) is 2. The van der Waals surface area contributed by atoms with Gasteiger partial charge in [-0.2, -0.15) is 4.98 Å². The highest BCUT2D eigenvalue weighted by Gasteiger charge is 2.21. The van der Waals surface area contributed by atoms with Gasteiger partial charge < -0.3 is 30.6 Å². The Labute approximate surface area is 237 Å². The van der Waals surface area contributed by atoms with E-state index in [1.807, 2.05) is 41.0 Å². The molecule has 2 aromatic carbocycles. The van der Waals surface area contributed by atoms with Crippen molar-refractivity contribution >= 4 is 40.8 Å². The van der Waals surface area contributed by atoms with Crippen molar-refractivity contribution < 1.29 is 19.4 Å². The number of hydrogen-bond donors (Lipinski definition) is 3. The van der Waals surface area contributed by atoms with Crippen LogP contribution in [0.3, 0.4) is 0 Å². The van der Waals surface area contributed by atoms with Gasteiger partial charge in [-0.25, -0.2) is 9.78 Å². The molecule has 0 bridgehead atoms. The van der Waals surface area contributed by atoms with Crippen molar-refractivity contribution in [2.75, 3.05) is 25.7 Å². The van der Waals surface area contributed by atoms with Crippen LogP contribution in [0.1, 0.15) is 70.8 Å². The quantitative estimate of drug-likeness (QED) is 0.256. The van der Waals surface area contributed by atoms with Gasteiger partial charge >= 0.3 is 5.97 Å². The molecule has 0 atom stereocenters. The molecule has 41 heavy (non-hydrogen) atoms. The Morgan fingerprint density at radius 3 is 2.56 bits per heavy atom. The maximum absolute atomic E-state index is 13.0. The van der Waals surface area contributed by atoms with Crippen LogP contribution in [0.25, 0.3) is 23.1 Å². The minimum atomic E-state index is -1.21. The lowest BCUT2D eigenvalue weighted by Gasteiger charge is -2.26. The second-order valence-electron chi connectivity index (χ2n) is 10.2. The Kier molecular flexibility index (Phi) is 7.91. The largest absolute Gasteiger partial charge is 0.493 e. The Morgan fingerprint density at radius 1 is 1.10 bits per heavy atom. The SMILES string of the molecule is COc1cc(Cc2cnc(N)nc2N)cc(C=Cc2ccc3c(=O)c(C(=O)O)cn(C4CCCCC4)c3c2)c1OC. The van der Waals surface area contributed by atoms with Gasteiger partial charge in [0.2, 0.25) is 11.4 Å². The first kappa shape index (κ1) is 27.7. The summed E-state index contributed by atoms with van der Waals surface area (Å²) < 4.78 is 13.3. The molecule has 1 aliphatic carbocycles. The number of nitrogen functional groups attached to an aromatic ring is 2. The number of hydrogen-bond acceptors (Lipinski definition) is 8. The van der Waals surface area contributed by atoms with Crippen molar-refractivity contribution in [2.24, 2.45) is 0 Å². The lowest BCUT2D eigenvalue weighted by Crippen LogP contribution is -2.22. The fourth-order valence-corrected chi connectivity index (χ4v) is 5.54. The number of carbonyl (C=O) groups is 1. The number of methoxy groups -OCH3 is 2. The predicted molar refractivity (Wildman–Crippen MR) is 159 cm³/mol. The van der Waals surface area contributed by atoms with E-state index < -0.39 is 11.4 Å². The molecule has 1 saturated carbocycles. The number of aromatic carboxylic acids is 1. The van der Waals surface area contributed by atoms with Crippen molar-refractivity contribution in [1.82, 2.24) is 14.5 Å². The van der Waals surface area contributed by atoms with Gasteiger partial charge in [0.1, 0.15) is 11.4 Å². The third kappa shape index (κ3) is 5.72. The zero-order valence-corrected chi connectivity index (χ0v) is 23.1. The molecule has 0 spiro atoms. The van der Waals surface area contributed by atoms with Crippen LogP contribution in [-0.2, 0) is 6.42 Å². The summed E-state index contributed by atoms with van der Waals surface area (Å²) in [6, 6.07) is 9.47. The molecule has 1 fully saturated rings. The summed E-state index contributed by atoms with van der Waals surface area (Å²) in [7, 11) is 3.16. The van der Waals surface area contributed by atoms with Crippen LogP contribution >= 0.6 is 0 Å². The molecule has 2 heterocycles. The number of nitrogens with two attached hydrogens (primary N) is 2. The van der Waals surface area contributed by atoms with Crippen molar-refractivity contribution in [3.05, 3.63) is 80.8 Å². The minimum absolute atomic E-state index is 0.116. The summed E-state index contributed by atoms with van der Waals surface area (Å²) in [5.41, 5.74) is 15.0. The minimum Gasteiger partial charge on any atom is -0.493 e. The molecule has 1 aliphatic rings. The van der Waals surface area contributed by atoms with E-state index in [2.05, 4.69) is 9.97 Å². The summed E-state index contributed by atoms with van der Waals surface area (Å²) in [6.45, 7) is 0. The number of rotatable bonds is 8. The Bertz CT molecular complexity index is 1710. The fraction of sp³-hybridized carbons (Fsp3) is 0.290. The molecule has 0 aliphatic heterocycles. The highest BCUT2D eigenvalue weighted by molar-refractivity contribution is 5.93. The second-order valence-corrected chi connectivity index (χ2v) is 10.2. The topological polar surface area (TPSA) is 156 Å². The van der Waals surface area contributed by atoms with Crippen LogP contribution in [-0.4, -0.2) is 39.8 Å². The number of fused-ring (bicyclic) bond motifs is 1. The number of carboxylic acid groups (broad SMARTS) is 1. The molecule has 5 N–H and O–H groups in total. The molecule has 0 radical (unpaired) electrons. The Hall–Kier alpha value is -4.86. The molecule has 2 aromatic heterocycles. The molecule has 5 rings (SSSR count). The molecule has 4 aromatic rings. The molecular formula is C31H33N5O5. The van der Waals surface area contributed by atoms with Gasteiger partial charge in [0.25, 0.3) is 0 Å². The zero-order valence-electron chi connectivity index (χ0n) is 23.1. The number of carboxylic acids is 1. The van der Waals surface area contributed by atoms with Crippen molar-refractivity contribution in [3.63, 3.8) is 0 Å². The number of nitrogens with zero attached hydrogens (tertiary/aromatic N) is 3. The van der Waals surface area contributed by atoms with Crippen LogP contribution in [0.4, 0.5) is 11.8 Å². The maximum atomic E-state index is 13.0.